The molecule has 100 valence electrons. The summed E-state index contributed by atoms with van der Waals surface area (Å²) in [5.74, 6) is 0.310. The number of hydroxylamine groups is 1. The number of carbonyl (C=O) groups excluding carboxylic acids is 2. The van der Waals surface area contributed by atoms with Crippen LogP contribution in [0.2, 0.25) is 0 Å². The van der Waals surface area contributed by atoms with Crippen molar-refractivity contribution in [3.63, 3.8) is 0 Å². The number of hydrogen-bond acceptors (Lipinski definition) is 5. The molecule has 0 bridgehead atoms. The molecule has 3 amide bonds. The van der Waals surface area contributed by atoms with E-state index in [-0.39, 0.29) is 6.61 Å². The van der Waals surface area contributed by atoms with E-state index < -0.39 is 18.0 Å². The van der Waals surface area contributed by atoms with Crippen molar-refractivity contribution >= 4 is 23.7 Å². The monoisotopic (exact) mass is 265 g/mol. The van der Waals surface area contributed by atoms with Crippen molar-refractivity contribution in [1.29, 1.82) is 0 Å². The number of amides is 3. The Morgan fingerprint density at radius 1 is 1.41 bits per heavy atom. The Balaban J connectivity index is 3.98. The second-order valence-corrected chi connectivity index (χ2v) is 4.14. The first kappa shape index (κ1) is 16.0. The molecule has 0 aromatic rings. The van der Waals surface area contributed by atoms with E-state index in [1.807, 2.05) is 6.26 Å². The average Bonchev–Trinajstić information content (AvgIpc) is 2.29. The van der Waals surface area contributed by atoms with E-state index >= 15 is 0 Å². The normalized spacial score (nSPS) is 11.9. The maximum atomic E-state index is 11.6. The third-order valence-corrected chi connectivity index (χ3v) is 2.45. The van der Waals surface area contributed by atoms with Gasteiger partial charge in [0.1, 0.15) is 6.04 Å². The number of ether oxygens (including phenoxy) is 1. The fraction of sp³-hybridized carbons (Fsp3) is 0.778. The molecule has 0 aromatic carbocycles. The number of thioether (sulfide) groups is 1. The van der Waals surface area contributed by atoms with Gasteiger partial charge in [0, 0.05) is 7.11 Å². The fourth-order valence-corrected chi connectivity index (χ4v) is 1.47. The zero-order chi connectivity index (χ0) is 13.1. The molecule has 0 saturated carbocycles. The summed E-state index contributed by atoms with van der Waals surface area (Å²) < 4.78 is 4.74. The molecule has 1 unspecified atom stereocenters. The van der Waals surface area contributed by atoms with Crippen LogP contribution in [0.5, 0.6) is 0 Å². The molecular formula is C9H19N3O4S. The SMILES string of the molecule is COCCONC(=O)C(CCSC)NC(N)=O. The van der Waals surface area contributed by atoms with Crippen LogP contribution >= 0.6 is 11.8 Å². The van der Waals surface area contributed by atoms with Crippen LogP contribution in [0.3, 0.4) is 0 Å². The molecule has 0 saturated heterocycles. The van der Waals surface area contributed by atoms with Crippen LogP contribution in [0, 0.1) is 0 Å². The van der Waals surface area contributed by atoms with Gasteiger partial charge in [-0.2, -0.15) is 11.8 Å². The molecule has 0 heterocycles. The van der Waals surface area contributed by atoms with Crippen molar-refractivity contribution in [2.24, 2.45) is 5.73 Å². The molecule has 0 fully saturated rings. The number of primary amides is 1. The first-order chi connectivity index (χ1) is 8.11. The van der Waals surface area contributed by atoms with Crippen LogP contribution in [-0.2, 0) is 14.4 Å². The van der Waals surface area contributed by atoms with Gasteiger partial charge in [0.2, 0.25) is 0 Å². The first-order valence-electron chi connectivity index (χ1n) is 5.07. The largest absolute Gasteiger partial charge is 0.382 e. The van der Waals surface area contributed by atoms with Crippen molar-refractivity contribution in [3.8, 4) is 0 Å². The van der Waals surface area contributed by atoms with Crippen molar-refractivity contribution in [2.75, 3.05) is 32.3 Å². The minimum atomic E-state index is -0.733. The predicted octanol–water partition coefficient (Wildman–Crippen LogP) is -0.529. The number of nitrogens with one attached hydrogen (secondary N) is 2. The highest BCUT2D eigenvalue weighted by Gasteiger charge is 2.19. The van der Waals surface area contributed by atoms with E-state index in [2.05, 4.69) is 10.8 Å². The Kier molecular flexibility index (Phi) is 9.59. The molecular weight excluding hydrogens is 246 g/mol. The molecule has 0 radical (unpaired) electrons. The van der Waals surface area contributed by atoms with Gasteiger partial charge in [-0.25, -0.2) is 10.3 Å². The molecule has 0 aromatic heterocycles. The number of rotatable bonds is 9. The molecule has 17 heavy (non-hydrogen) atoms. The standard InChI is InChI=1S/C9H19N3O4S/c1-15-4-5-16-12-8(13)7(3-6-17-2)11-9(10)14/h7H,3-6H2,1-2H3,(H,12,13)(H3,10,11,14). The van der Waals surface area contributed by atoms with E-state index in [0.717, 1.165) is 5.75 Å². The van der Waals surface area contributed by atoms with Crippen LogP contribution in [0.25, 0.3) is 0 Å². The van der Waals surface area contributed by atoms with Crippen LogP contribution in [0.4, 0.5) is 4.79 Å². The number of carbonyl (C=O) groups is 2. The number of methoxy groups -OCH3 is 1. The summed E-state index contributed by atoms with van der Waals surface area (Å²) in [6, 6.07) is -1.41. The second-order valence-electron chi connectivity index (χ2n) is 3.15. The van der Waals surface area contributed by atoms with Crippen LogP contribution in [0.1, 0.15) is 6.42 Å². The van der Waals surface area contributed by atoms with Gasteiger partial charge in [0.15, 0.2) is 0 Å². The first-order valence-corrected chi connectivity index (χ1v) is 6.46. The highest BCUT2D eigenvalue weighted by atomic mass is 32.2. The van der Waals surface area contributed by atoms with Crippen molar-refractivity contribution in [3.05, 3.63) is 0 Å². The summed E-state index contributed by atoms with van der Waals surface area (Å²) in [5.41, 5.74) is 7.21. The average molecular weight is 265 g/mol. The molecule has 0 aliphatic rings. The summed E-state index contributed by atoms with van der Waals surface area (Å²) in [6.45, 7) is 0.618. The maximum Gasteiger partial charge on any atom is 0.312 e. The maximum absolute atomic E-state index is 11.6. The van der Waals surface area contributed by atoms with Crippen molar-refractivity contribution in [1.82, 2.24) is 10.8 Å². The van der Waals surface area contributed by atoms with E-state index in [1.54, 1.807) is 11.8 Å². The second kappa shape index (κ2) is 10.2. The third-order valence-electron chi connectivity index (χ3n) is 1.81. The van der Waals surface area contributed by atoms with Gasteiger partial charge in [0.05, 0.1) is 13.2 Å². The number of urea groups is 1. The summed E-state index contributed by atoms with van der Waals surface area (Å²) >= 11 is 1.57. The number of nitrogens with two attached hydrogens (primary N) is 1. The topological polar surface area (TPSA) is 103 Å². The molecule has 0 aliphatic heterocycles. The van der Waals surface area contributed by atoms with Crippen LogP contribution in [-0.4, -0.2) is 50.3 Å². The van der Waals surface area contributed by atoms with E-state index in [0.29, 0.717) is 13.0 Å². The van der Waals surface area contributed by atoms with E-state index in [4.69, 9.17) is 15.3 Å². The van der Waals surface area contributed by atoms with Gasteiger partial charge in [-0.1, -0.05) is 0 Å². The zero-order valence-electron chi connectivity index (χ0n) is 10.0. The van der Waals surface area contributed by atoms with E-state index in [1.165, 1.54) is 7.11 Å². The minimum absolute atomic E-state index is 0.244. The Hall–Kier alpha value is -0.990. The molecule has 4 N–H and O–H groups in total. The zero-order valence-corrected chi connectivity index (χ0v) is 10.8. The number of hydrogen-bond donors (Lipinski definition) is 3. The van der Waals surface area contributed by atoms with E-state index in [9.17, 15) is 9.59 Å². The summed E-state index contributed by atoms with van der Waals surface area (Å²) in [4.78, 5) is 27.2. The van der Waals surface area contributed by atoms with Gasteiger partial charge in [-0.05, 0) is 18.4 Å². The lowest BCUT2D eigenvalue weighted by atomic mass is 10.2. The molecule has 1 atom stereocenters. The highest BCUT2D eigenvalue weighted by molar-refractivity contribution is 7.98. The Morgan fingerprint density at radius 3 is 2.65 bits per heavy atom. The summed E-state index contributed by atoms with van der Waals surface area (Å²) in [7, 11) is 1.53. The van der Waals surface area contributed by atoms with Crippen LogP contribution in [0.15, 0.2) is 0 Å². The summed E-state index contributed by atoms with van der Waals surface area (Å²) in [5, 5.41) is 2.36. The van der Waals surface area contributed by atoms with Gasteiger partial charge in [-0.3, -0.25) is 9.63 Å². The molecule has 0 aliphatic carbocycles. The highest BCUT2D eigenvalue weighted by Crippen LogP contribution is 2.00. The lowest BCUT2D eigenvalue weighted by Gasteiger charge is -2.16. The minimum Gasteiger partial charge on any atom is -0.382 e. The van der Waals surface area contributed by atoms with Gasteiger partial charge in [0.25, 0.3) is 5.91 Å². The smallest absolute Gasteiger partial charge is 0.312 e. The molecule has 0 rings (SSSR count). The molecule has 0 spiro atoms. The fourth-order valence-electron chi connectivity index (χ4n) is 0.995. The van der Waals surface area contributed by atoms with Gasteiger partial charge < -0.3 is 15.8 Å². The Labute approximate surface area is 105 Å². The lowest BCUT2D eigenvalue weighted by molar-refractivity contribution is -0.136. The quantitative estimate of drug-likeness (QED) is 0.384. The van der Waals surface area contributed by atoms with Gasteiger partial charge >= 0.3 is 6.03 Å². The lowest BCUT2D eigenvalue weighted by Crippen LogP contribution is -2.49. The predicted molar refractivity (Wildman–Crippen MR) is 65.5 cm³/mol. The van der Waals surface area contributed by atoms with Gasteiger partial charge in [-0.15, -0.1) is 0 Å². The Bertz CT molecular complexity index is 240. The van der Waals surface area contributed by atoms with Crippen LogP contribution < -0.4 is 16.5 Å². The molecule has 7 nitrogen and oxygen atoms in total. The Morgan fingerprint density at radius 2 is 2.12 bits per heavy atom. The van der Waals surface area contributed by atoms with Crippen molar-refractivity contribution < 1.29 is 19.2 Å². The van der Waals surface area contributed by atoms with Crippen molar-refractivity contribution in [2.45, 2.75) is 12.5 Å². The molecule has 8 heteroatoms. The third kappa shape index (κ3) is 8.78. The summed E-state index contributed by atoms with van der Waals surface area (Å²) in [6.07, 6.45) is 2.40.